The summed E-state index contributed by atoms with van der Waals surface area (Å²) >= 11 is 0. The standard InChI is InChI=1S/C18H16N4O3/c1-25-16-9-5-4-8-15(16)21-17(23)18(24)22-20-11-12-10-19-14-7-3-2-6-13(12)14/h2-11,19H,1H3,(H,21,23)(H,22,24)/b20-11+. The Kier molecular flexibility index (Phi) is 4.75. The van der Waals surface area contributed by atoms with E-state index in [1.165, 1.54) is 13.3 Å². The fourth-order valence-electron chi connectivity index (χ4n) is 2.34. The molecule has 7 heteroatoms. The molecule has 0 aliphatic heterocycles. The summed E-state index contributed by atoms with van der Waals surface area (Å²) in [5.41, 5.74) is 4.38. The number of hydrazone groups is 1. The third-order valence-electron chi connectivity index (χ3n) is 3.55. The van der Waals surface area contributed by atoms with Gasteiger partial charge in [-0.1, -0.05) is 30.3 Å². The van der Waals surface area contributed by atoms with Gasteiger partial charge in [0.2, 0.25) is 0 Å². The van der Waals surface area contributed by atoms with Gasteiger partial charge < -0.3 is 15.0 Å². The third kappa shape index (κ3) is 3.66. The van der Waals surface area contributed by atoms with Crippen molar-refractivity contribution in [3.05, 3.63) is 60.3 Å². The number of anilines is 1. The zero-order chi connectivity index (χ0) is 17.6. The molecule has 0 atom stereocenters. The SMILES string of the molecule is COc1ccccc1NC(=O)C(=O)N/N=C/c1c[nH]c2ccccc12. The predicted octanol–water partition coefficient (Wildman–Crippen LogP) is 2.27. The fraction of sp³-hybridized carbons (Fsp3) is 0.0556. The lowest BCUT2D eigenvalue weighted by atomic mass is 10.2. The minimum Gasteiger partial charge on any atom is -0.495 e. The van der Waals surface area contributed by atoms with Crippen LogP contribution in [0.1, 0.15) is 5.56 Å². The largest absolute Gasteiger partial charge is 0.495 e. The monoisotopic (exact) mass is 336 g/mol. The Morgan fingerprint density at radius 2 is 1.84 bits per heavy atom. The van der Waals surface area contributed by atoms with E-state index in [-0.39, 0.29) is 0 Å². The number of fused-ring (bicyclic) bond motifs is 1. The molecule has 0 bridgehead atoms. The molecule has 0 radical (unpaired) electrons. The molecule has 3 N–H and O–H groups in total. The Morgan fingerprint density at radius 1 is 1.08 bits per heavy atom. The second-order valence-corrected chi connectivity index (χ2v) is 5.14. The zero-order valence-corrected chi connectivity index (χ0v) is 13.4. The first-order chi connectivity index (χ1) is 12.2. The van der Waals surface area contributed by atoms with Crippen LogP contribution in [-0.2, 0) is 9.59 Å². The number of aromatic nitrogens is 1. The highest BCUT2D eigenvalue weighted by atomic mass is 16.5. The van der Waals surface area contributed by atoms with Crippen LogP contribution < -0.4 is 15.5 Å². The topological polar surface area (TPSA) is 95.6 Å². The highest BCUT2D eigenvalue weighted by molar-refractivity contribution is 6.39. The summed E-state index contributed by atoms with van der Waals surface area (Å²) in [6, 6.07) is 14.5. The summed E-state index contributed by atoms with van der Waals surface area (Å²) in [6.45, 7) is 0. The second-order valence-electron chi connectivity index (χ2n) is 5.14. The molecule has 0 aliphatic rings. The first-order valence-corrected chi connectivity index (χ1v) is 7.52. The van der Waals surface area contributed by atoms with Gasteiger partial charge in [-0.2, -0.15) is 5.10 Å². The number of ether oxygens (including phenoxy) is 1. The number of nitrogens with zero attached hydrogens (tertiary/aromatic N) is 1. The van der Waals surface area contributed by atoms with Gasteiger partial charge in [0.15, 0.2) is 0 Å². The molecule has 2 aromatic carbocycles. The van der Waals surface area contributed by atoms with Crippen LogP contribution in [0.25, 0.3) is 10.9 Å². The molecule has 0 saturated carbocycles. The predicted molar refractivity (Wildman–Crippen MR) is 95.7 cm³/mol. The van der Waals surface area contributed by atoms with E-state index in [2.05, 4.69) is 20.8 Å². The zero-order valence-electron chi connectivity index (χ0n) is 13.4. The molecule has 0 aliphatic carbocycles. The van der Waals surface area contributed by atoms with Crippen LogP contribution in [0.15, 0.2) is 59.8 Å². The van der Waals surface area contributed by atoms with Gasteiger partial charge in [0, 0.05) is 22.7 Å². The van der Waals surface area contributed by atoms with Gasteiger partial charge in [-0.15, -0.1) is 0 Å². The van der Waals surface area contributed by atoms with Crippen LogP contribution in [0, 0.1) is 0 Å². The van der Waals surface area contributed by atoms with Crippen LogP contribution in [0.5, 0.6) is 5.75 Å². The molecule has 1 aromatic heterocycles. The van der Waals surface area contributed by atoms with E-state index in [1.807, 2.05) is 24.3 Å². The van der Waals surface area contributed by atoms with E-state index in [1.54, 1.807) is 30.5 Å². The minimum atomic E-state index is -0.873. The number of hydrogen-bond acceptors (Lipinski definition) is 4. The number of nitrogens with one attached hydrogen (secondary N) is 3. The molecule has 1 heterocycles. The molecule has 7 nitrogen and oxygen atoms in total. The van der Waals surface area contributed by atoms with E-state index in [0.29, 0.717) is 11.4 Å². The van der Waals surface area contributed by atoms with Crippen LogP contribution in [0.2, 0.25) is 0 Å². The van der Waals surface area contributed by atoms with Gasteiger partial charge >= 0.3 is 11.8 Å². The highest BCUT2D eigenvalue weighted by Crippen LogP contribution is 2.22. The lowest BCUT2D eigenvalue weighted by Crippen LogP contribution is -2.32. The van der Waals surface area contributed by atoms with E-state index in [0.717, 1.165) is 16.5 Å². The fourth-order valence-corrected chi connectivity index (χ4v) is 2.34. The molecule has 3 aromatic rings. The number of H-pyrrole nitrogens is 1. The number of benzene rings is 2. The summed E-state index contributed by atoms with van der Waals surface area (Å²) in [6.07, 6.45) is 3.25. The van der Waals surface area contributed by atoms with Crippen LogP contribution in [-0.4, -0.2) is 30.1 Å². The van der Waals surface area contributed by atoms with Crippen molar-refractivity contribution < 1.29 is 14.3 Å². The lowest BCUT2D eigenvalue weighted by molar-refractivity contribution is -0.136. The number of methoxy groups -OCH3 is 1. The lowest BCUT2D eigenvalue weighted by Gasteiger charge is -2.08. The number of hydrogen-bond donors (Lipinski definition) is 3. The van der Waals surface area contributed by atoms with Crippen molar-refractivity contribution in [1.29, 1.82) is 0 Å². The number of carbonyl (C=O) groups is 2. The van der Waals surface area contributed by atoms with E-state index < -0.39 is 11.8 Å². The van der Waals surface area contributed by atoms with Gasteiger partial charge in [-0.25, -0.2) is 5.43 Å². The maximum Gasteiger partial charge on any atom is 0.329 e. The third-order valence-corrected chi connectivity index (χ3v) is 3.55. The summed E-state index contributed by atoms with van der Waals surface area (Å²) in [5, 5.41) is 7.28. The molecule has 0 saturated heterocycles. The minimum absolute atomic E-state index is 0.408. The molecule has 126 valence electrons. The molecule has 2 amide bonds. The van der Waals surface area contributed by atoms with Crippen molar-refractivity contribution in [2.75, 3.05) is 12.4 Å². The van der Waals surface area contributed by atoms with Crippen molar-refractivity contribution in [3.8, 4) is 5.75 Å². The summed E-state index contributed by atoms with van der Waals surface area (Å²) in [4.78, 5) is 26.9. The maximum atomic E-state index is 11.9. The first-order valence-electron chi connectivity index (χ1n) is 7.52. The van der Waals surface area contributed by atoms with Gasteiger partial charge in [0.25, 0.3) is 0 Å². The molecule has 25 heavy (non-hydrogen) atoms. The molecule has 0 fully saturated rings. The molecule has 0 spiro atoms. The number of amides is 2. The number of rotatable bonds is 4. The quantitative estimate of drug-likeness (QED) is 0.387. The Bertz CT molecular complexity index is 946. The van der Waals surface area contributed by atoms with Crippen molar-refractivity contribution in [2.45, 2.75) is 0 Å². The highest BCUT2D eigenvalue weighted by Gasteiger charge is 2.14. The van der Waals surface area contributed by atoms with Crippen LogP contribution in [0.4, 0.5) is 5.69 Å². The average Bonchev–Trinajstić information content (AvgIpc) is 3.05. The molecule has 0 unspecified atom stereocenters. The summed E-state index contributed by atoms with van der Waals surface area (Å²) < 4.78 is 5.12. The van der Waals surface area contributed by atoms with E-state index in [9.17, 15) is 9.59 Å². The molecular formula is C18H16N4O3. The van der Waals surface area contributed by atoms with Crippen molar-refractivity contribution in [2.24, 2.45) is 5.10 Å². The Hall–Kier alpha value is -3.61. The first kappa shape index (κ1) is 16.3. The average molecular weight is 336 g/mol. The van der Waals surface area contributed by atoms with Gasteiger partial charge in [-0.05, 0) is 18.2 Å². The van der Waals surface area contributed by atoms with Crippen LogP contribution >= 0.6 is 0 Å². The van der Waals surface area contributed by atoms with Gasteiger partial charge in [-0.3, -0.25) is 9.59 Å². The van der Waals surface area contributed by atoms with E-state index in [4.69, 9.17) is 4.74 Å². The van der Waals surface area contributed by atoms with Crippen molar-refractivity contribution in [1.82, 2.24) is 10.4 Å². The summed E-state index contributed by atoms with van der Waals surface area (Å²) in [7, 11) is 1.48. The Morgan fingerprint density at radius 3 is 2.68 bits per heavy atom. The van der Waals surface area contributed by atoms with Gasteiger partial charge in [0.1, 0.15) is 5.75 Å². The van der Waals surface area contributed by atoms with E-state index >= 15 is 0 Å². The van der Waals surface area contributed by atoms with Gasteiger partial charge in [0.05, 0.1) is 19.0 Å². The normalized spacial score (nSPS) is 10.8. The Labute approximate surface area is 143 Å². The van der Waals surface area contributed by atoms with Crippen molar-refractivity contribution in [3.63, 3.8) is 0 Å². The number of aromatic amines is 1. The maximum absolute atomic E-state index is 11.9. The number of carbonyl (C=O) groups excluding carboxylic acids is 2. The molecule has 3 rings (SSSR count). The number of para-hydroxylation sites is 3. The Balaban J connectivity index is 1.63. The van der Waals surface area contributed by atoms with Crippen LogP contribution in [0.3, 0.4) is 0 Å². The second kappa shape index (κ2) is 7.31. The smallest absolute Gasteiger partial charge is 0.329 e. The van der Waals surface area contributed by atoms with Crippen molar-refractivity contribution >= 4 is 34.6 Å². The summed E-state index contributed by atoms with van der Waals surface area (Å²) in [5.74, 6) is -1.24. The molecular weight excluding hydrogens is 320 g/mol.